The maximum absolute atomic E-state index is 13.4. The molecule has 124 valence electrons. The van der Waals surface area contributed by atoms with Crippen molar-refractivity contribution in [2.24, 2.45) is 0 Å². The van der Waals surface area contributed by atoms with Crippen molar-refractivity contribution in [3.05, 3.63) is 52.9 Å². The van der Waals surface area contributed by atoms with E-state index in [-0.39, 0.29) is 11.3 Å². The van der Waals surface area contributed by atoms with E-state index in [9.17, 15) is 13.6 Å². The van der Waals surface area contributed by atoms with Crippen molar-refractivity contribution < 1.29 is 18.3 Å². The van der Waals surface area contributed by atoms with E-state index in [1.165, 1.54) is 7.11 Å². The third-order valence-electron chi connectivity index (χ3n) is 3.70. The number of fused-ring (bicyclic) bond motifs is 1. The molecular weight excluding hydrogens is 316 g/mol. The number of aryl methyl sites for hydroxylation is 2. The molecule has 0 saturated carbocycles. The second kappa shape index (κ2) is 5.92. The Kier molecular flexibility index (Phi) is 3.92. The molecule has 3 rings (SSSR count). The summed E-state index contributed by atoms with van der Waals surface area (Å²) < 4.78 is 31.9. The molecule has 3 aromatic rings. The monoisotopic (exact) mass is 331 g/mol. The lowest BCUT2D eigenvalue weighted by Crippen LogP contribution is -2.15. The molecule has 1 heterocycles. The van der Waals surface area contributed by atoms with Crippen LogP contribution in [0.5, 0.6) is 5.75 Å². The molecule has 0 aliphatic carbocycles. The van der Waals surface area contributed by atoms with Crippen LogP contribution >= 0.6 is 0 Å². The van der Waals surface area contributed by atoms with Gasteiger partial charge in [0.15, 0.2) is 11.6 Å². The normalized spacial score (nSPS) is 10.9. The van der Waals surface area contributed by atoms with Gasteiger partial charge in [-0.2, -0.15) is 0 Å². The molecule has 0 radical (unpaired) electrons. The number of nitrogens with one attached hydrogen (secondary N) is 2. The number of nitrogens with zero attached hydrogens (tertiary/aromatic N) is 1. The van der Waals surface area contributed by atoms with Gasteiger partial charge in [0.1, 0.15) is 22.7 Å². The Labute approximate surface area is 136 Å². The molecule has 0 aliphatic rings. The van der Waals surface area contributed by atoms with Crippen LogP contribution < -0.4 is 10.1 Å². The fraction of sp³-hybridized carbons (Fsp3) is 0.176. The molecule has 0 spiro atoms. The topological polar surface area (TPSA) is 67.0 Å². The number of aromatic amines is 1. The van der Waals surface area contributed by atoms with Crippen LogP contribution in [-0.2, 0) is 0 Å². The van der Waals surface area contributed by atoms with Crippen LogP contribution in [-0.4, -0.2) is 23.0 Å². The van der Waals surface area contributed by atoms with E-state index in [2.05, 4.69) is 15.3 Å². The Morgan fingerprint density at radius 2 is 1.92 bits per heavy atom. The number of carbonyl (C=O) groups excluding carboxylic acids is 1. The molecule has 0 fully saturated rings. The van der Waals surface area contributed by atoms with Gasteiger partial charge >= 0.3 is 0 Å². The molecule has 1 amide bonds. The number of benzene rings is 2. The number of imidazole rings is 1. The highest BCUT2D eigenvalue weighted by molar-refractivity contribution is 6.13. The van der Waals surface area contributed by atoms with E-state index in [1.807, 2.05) is 0 Å². The highest BCUT2D eigenvalue weighted by Gasteiger charge is 2.20. The maximum atomic E-state index is 13.4. The van der Waals surface area contributed by atoms with Crippen LogP contribution in [0.4, 0.5) is 14.5 Å². The van der Waals surface area contributed by atoms with E-state index in [4.69, 9.17) is 4.74 Å². The van der Waals surface area contributed by atoms with Gasteiger partial charge in [-0.15, -0.1) is 0 Å². The third-order valence-corrected chi connectivity index (χ3v) is 3.70. The van der Waals surface area contributed by atoms with Gasteiger partial charge in [-0.3, -0.25) is 4.79 Å². The molecular formula is C17H15F2N3O2. The quantitative estimate of drug-likeness (QED) is 0.769. The van der Waals surface area contributed by atoms with Crippen molar-refractivity contribution in [3.8, 4) is 5.75 Å². The van der Waals surface area contributed by atoms with Crippen molar-refractivity contribution in [3.63, 3.8) is 0 Å². The number of halogens is 2. The first-order valence-electron chi connectivity index (χ1n) is 7.21. The van der Waals surface area contributed by atoms with Crippen molar-refractivity contribution in [1.82, 2.24) is 9.97 Å². The van der Waals surface area contributed by atoms with Crippen LogP contribution in [0.3, 0.4) is 0 Å². The van der Waals surface area contributed by atoms with E-state index in [1.54, 1.807) is 26.0 Å². The molecule has 0 saturated heterocycles. The number of aromatic nitrogens is 2. The van der Waals surface area contributed by atoms with E-state index < -0.39 is 17.5 Å². The number of anilines is 1. The number of hydrogen-bond acceptors (Lipinski definition) is 3. The Hall–Kier alpha value is -2.96. The summed E-state index contributed by atoms with van der Waals surface area (Å²) in [4.78, 5) is 20.1. The number of H-pyrrole nitrogens is 1. The zero-order valence-corrected chi connectivity index (χ0v) is 13.3. The third kappa shape index (κ3) is 2.68. The largest absolute Gasteiger partial charge is 0.496 e. The second-order valence-electron chi connectivity index (χ2n) is 5.40. The average molecular weight is 331 g/mol. The number of carbonyl (C=O) groups is 1. The fourth-order valence-electron chi connectivity index (χ4n) is 2.54. The van der Waals surface area contributed by atoms with Gasteiger partial charge in [0.25, 0.3) is 5.91 Å². The molecule has 0 unspecified atom stereocenters. The Balaban J connectivity index is 2.07. The fourth-order valence-corrected chi connectivity index (χ4v) is 2.54. The molecule has 7 heteroatoms. The summed E-state index contributed by atoms with van der Waals surface area (Å²) in [5, 5.41) is 2.59. The molecule has 2 N–H and O–H groups in total. The first-order valence-corrected chi connectivity index (χ1v) is 7.21. The van der Waals surface area contributed by atoms with Crippen LogP contribution in [0.2, 0.25) is 0 Å². The molecule has 0 atom stereocenters. The summed E-state index contributed by atoms with van der Waals surface area (Å²) in [6.07, 6.45) is 0. The minimum absolute atomic E-state index is 0.185. The predicted molar refractivity (Wildman–Crippen MR) is 86.4 cm³/mol. The van der Waals surface area contributed by atoms with Crippen LogP contribution in [0.1, 0.15) is 21.7 Å². The number of methoxy groups -OCH3 is 1. The van der Waals surface area contributed by atoms with E-state index in [0.717, 1.165) is 12.1 Å². The summed E-state index contributed by atoms with van der Waals surface area (Å²) in [5.74, 6) is -1.52. The van der Waals surface area contributed by atoms with Crippen molar-refractivity contribution in [1.29, 1.82) is 0 Å². The first kappa shape index (κ1) is 15.9. The van der Waals surface area contributed by atoms with Gasteiger partial charge in [0.05, 0.1) is 12.6 Å². The SMILES string of the molecule is COc1ccc2[nH]c(C)nc2c1C(=O)Nc1cc(F)c(F)cc1C. The van der Waals surface area contributed by atoms with Crippen molar-refractivity contribution in [2.45, 2.75) is 13.8 Å². The van der Waals surface area contributed by atoms with E-state index in [0.29, 0.717) is 28.2 Å². The Bertz CT molecular complexity index is 951. The lowest BCUT2D eigenvalue weighted by molar-refractivity contribution is 0.102. The molecule has 0 bridgehead atoms. The summed E-state index contributed by atoms with van der Waals surface area (Å²) in [7, 11) is 1.44. The number of ether oxygens (including phenoxy) is 1. The summed E-state index contributed by atoms with van der Waals surface area (Å²) in [5.41, 5.74) is 1.95. The Morgan fingerprint density at radius 1 is 1.21 bits per heavy atom. The van der Waals surface area contributed by atoms with Gasteiger partial charge in [-0.25, -0.2) is 13.8 Å². The molecule has 0 aliphatic heterocycles. The maximum Gasteiger partial charge on any atom is 0.261 e. The first-order chi connectivity index (χ1) is 11.4. The highest BCUT2D eigenvalue weighted by Crippen LogP contribution is 2.28. The summed E-state index contributed by atoms with van der Waals surface area (Å²) in [6.45, 7) is 3.35. The minimum atomic E-state index is -1.03. The summed E-state index contributed by atoms with van der Waals surface area (Å²) >= 11 is 0. The van der Waals surface area contributed by atoms with Crippen LogP contribution in [0, 0.1) is 25.5 Å². The van der Waals surface area contributed by atoms with E-state index >= 15 is 0 Å². The number of hydrogen-bond donors (Lipinski definition) is 2. The lowest BCUT2D eigenvalue weighted by atomic mass is 10.1. The second-order valence-corrected chi connectivity index (χ2v) is 5.40. The van der Waals surface area contributed by atoms with Crippen LogP contribution in [0.15, 0.2) is 24.3 Å². The number of amides is 1. The molecule has 24 heavy (non-hydrogen) atoms. The minimum Gasteiger partial charge on any atom is -0.496 e. The van der Waals surface area contributed by atoms with Gasteiger partial charge < -0.3 is 15.0 Å². The average Bonchev–Trinajstić information content (AvgIpc) is 2.91. The lowest BCUT2D eigenvalue weighted by Gasteiger charge is -2.12. The smallest absolute Gasteiger partial charge is 0.261 e. The van der Waals surface area contributed by atoms with Gasteiger partial charge in [-0.1, -0.05) is 0 Å². The molecule has 5 nitrogen and oxygen atoms in total. The standard InChI is InChI=1S/C17H15F2N3O2/c1-8-6-10(18)11(19)7-13(8)22-17(23)15-14(24-3)5-4-12-16(15)21-9(2)20-12/h4-7H,1-3H3,(H,20,21)(H,22,23). The number of rotatable bonds is 3. The van der Waals surface area contributed by atoms with Gasteiger partial charge in [-0.05, 0) is 37.6 Å². The van der Waals surface area contributed by atoms with Crippen molar-refractivity contribution >= 4 is 22.6 Å². The molecule has 2 aromatic carbocycles. The molecule has 1 aromatic heterocycles. The van der Waals surface area contributed by atoms with Crippen LogP contribution in [0.25, 0.3) is 11.0 Å². The van der Waals surface area contributed by atoms with Crippen molar-refractivity contribution in [2.75, 3.05) is 12.4 Å². The summed E-state index contributed by atoms with van der Waals surface area (Å²) in [6, 6.07) is 5.38. The zero-order chi connectivity index (χ0) is 17.4. The van der Waals surface area contributed by atoms with Gasteiger partial charge in [0, 0.05) is 11.8 Å². The Morgan fingerprint density at radius 3 is 2.62 bits per heavy atom. The zero-order valence-electron chi connectivity index (χ0n) is 13.3. The predicted octanol–water partition coefficient (Wildman–Crippen LogP) is 3.72. The highest BCUT2D eigenvalue weighted by atomic mass is 19.2. The van der Waals surface area contributed by atoms with Gasteiger partial charge in [0.2, 0.25) is 0 Å².